The van der Waals surface area contributed by atoms with Crippen molar-refractivity contribution < 1.29 is 29.0 Å². The molecule has 4 aliphatic rings. The van der Waals surface area contributed by atoms with Crippen molar-refractivity contribution in [1.29, 1.82) is 0 Å². The molecule has 10 heteroatoms. The van der Waals surface area contributed by atoms with E-state index in [1.165, 1.54) is 0 Å². The number of unbranched alkanes of at least 4 members (excludes halogenated alkanes) is 5. The van der Waals surface area contributed by atoms with E-state index in [-0.39, 0.29) is 24.4 Å². The highest BCUT2D eigenvalue weighted by molar-refractivity contribution is 8.02. The van der Waals surface area contributed by atoms with Crippen LogP contribution in [-0.2, 0) is 23.9 Å². The highest BCUT2D eigenvalue weighted by Crippen LogP contribution is 2.71. The van der Waals surface area contributed by atoms with Crippen molar-refractivity contribution in [2.75, 3.05) is 65.7 Å². The molecule has 236 valence electrons. The van der Waals surface area contributed by atoms with Crippen LogP contribution in [0.5, 0.6) is 0 Å². The zero-order valence-electron chi connectivity index (χ0n) is 25.5. The summed E-state index contributed by atoms with van der Waals surface area (Å²) in [5.74, 6) is -1.52. The van der Waals surface area contributed by atoms with Crippen LogP contribution in [0.25, 0.3) is 0 Å². The molecular weight excluding hydrogens is 554 g/mol. The van der Waals surface area contributed by atoms with Crippen molar-refractivity contribution in [2.24, 2.45) is 11.8 Å². The van der Waals surface area contributed by atoms with Crippen molar-refractivity contribution in [1.82, 2.24) is 14.7 Å². The van der Waals surface area contributed by atoms with E-state index in [2.05, 4.69) is 25.0 Å². The Bertz CT molecular complexity index is 974. The molecule has 0 aromatic heterocycles. The van der Waals surface area contributed by atoms with E-state index >= 15 is 0 Å². The van der Waals surface area contributed by atoms with E-state index in [9.17, 15) is 19.5 Å². The van der Waals surface area contributed by atoms with E-state index in [0.29, 0.717) is 39.5 Å². The van der Waals surface area contributed by atoms with E-state index in [0.717, 1.165) is 77.4 Å². The van der Waals surface area contributed by atoms with Crippen molar-refractivity contribution in [3.8, 4) is 0 Å². The predicted octanol–water partition coefficient (Wildman–Crippen LogP) is 3.27. The predicted molar refractivity (Wildman–Crippen MR) is 165 cm³/mol. The Morgan fingerprint density at radius 3 is 2.57 bits per heavy atom. The number of esters is 1. The standard InChI is InChI=1S/C32H51N3O6S/c1-4-6-7-12-22-41-30(39)26-25-28(37)35(16-10-8-9-11-21-36)27(32(25)14-13-31(26,3)42-32)29(38)34(15-5-2)18-17-33-19-23-40-24-20-33/h4-5,25-27,36H,1-2,6-24H2,3H3/t25-,26+,27?,31-,32?/m0/s1. The number of thioether (sulfide) groups is 1. The summed E-state index contributed by atoms with van der Waals surface area (Å²) in [7, 11) is 0. The average Bonchev–Trinajstić information content (AvgIpc) is 3.55. The van der Waals surface area contributed by atoms with Gasteiger partial charge in [-0.25, -0.2) is 0 Å². The summed E-state index contributed by atoms with van der Waals surface area (Å²) in [5.41, 5.74) is 0. The lowest BCUT2D eigenvalue weighted by atomic mass is 9.66. The summed E-state index contributed by atoms with van der Waals surface area (Å²) < 4.78 is 10.2. The Kier molecular flexibility index (Phi) is 12.0. The van der Waals surface area contributed by atoms with Gasteiger partial charge in [-0.15, -0.1) is 24.9 Å². The lowest BCUT2D eigenvalue weighted by molar-refractivity contribution is -0.155. The Morgan fingerprint density at radius 2 is 1.86 bits per heavy atom. The fourth-order valence-electron chi connectivity index (χ4n) is 7.41. The third kappa shape index (κ3) is 6.92. The molecule has 0 aromatic carbocycles. The molecule has 4 saturated heterocycles. The molecule has 4 rings (SSSR count). The maximum Gasteiger partial charge on any atom is 0.311 e. The van der Waals surface area contributed by atoms with Crippen LogP contribution < -0.4 is 0 Å². The molecular formula is C32H51N3O6S. The largest absolute Gasteiger partial charge is 0.465 e. The number of allylic oxidation sites excluding steroid dienone is 1. The highest BCUT2D eigenvalue weighted by Gasteiger charge is 2.77. The number of fused-ring (bicyclic) bond motifs is 1. The van der Waals surface area contributed by atoms with Gasteiger partial charge in [0.05, 0.1) is 36.4 Å². The topological polar surface area (TPSA) is 99.6 Å². The second kappa shape index (κ2) is 15.2. The Labute approximate surface area is 256 Å². The summed E-state index contributed by atoms with van der Waals surface area (Å²) in [5, 5.41) is 9.20. The van der Waals surface area contributed by atoms with Crippen LogP contribution in [-0.4, -0.2) is 119 Å². The van der Waals surface area contributed by atoms with Crippen LogP contribution in [0.1, 0.15) is 64.7 Å². The first-order valence-electron chi connectivity index (χ1n) is 15.9. The number of rotatable bonds is 18. The zero-order chi connectivity index (χ0) is 30.2. The first-order chi connectivity index (χ1) is 20.3. The second-order valence-corrected chi connectivity index (χ2v) is 14.3. The number of hydrogen-bond donors (Lipinski definition) is 1. The number of carbonyl (C=O) groups excluding carboxylic acids is 3. The molecule has 4 heterocycles. The van der Waals surface area contributed by atoms with Crippen molar-refractivity contribution in [3.05, 3.63) is 25.3 Å². The fourth-order valence-corrected chi connectivity index (χ4v) is 9.75. The van der Waals surface area contributed by atoms with Crippen LogP contribution in [0.4, 0.5) is 0 Å². The Balaban J connectivity index is 1.57. The number of amides is 2. The van der Waals surface area contributed by atoms with Gasteiger partial charge in [-0.1, -0.05) is 25.0 Å². The Hall–Kier alpha value is -1.88. The lowest BCUT2D eigenvalue weighted by Crippen LogP contribution is -2.56. The van der Waals surface area contributed by atoms with Gasteiger partial charge in [0.25, 0.3) is 0 Å². The zero-order valence-corrected chi connectivity index (χ0v) is 26.3. The third-order valence-corrected chi connectivity index (χ3v) is 11.6. The fraction of sp³-hybridized carbons (Fsp3) is 0.781. The van der Waals surface area contributed by atoms with Gasteiger partial charge in [-0.05, 0) is 51.9 Å². The molecule has 1 N–H and O–H groups in total. The van der Waals surface area contributed by atoms with Gasteiger partial charge < -0.3 is 24.4 Å². The van der Waals surface area contributed by atoms with Crippen LogP contribution in [0, 0.1) is 11.8 Å². The van der Waals surface area contributed by atoms with Gasteiger partial charge in [0.15, 0.2) is 0 Å². The molecule has 2 amide bonds. The number of carbonyl (C=O) groups is 3. The summed E-state index contributed by atoms with van der Waals surface area (Å²) in [6, 6.07) is -0.616. The quantitative estimate of drug-likeness (QED) is 0.144. The first-order valence-corrected chi connectivity index (χ1v) is 16.7. The van der Waals surface area contributed by atoms with Gasteiger partial charge in [-0.3, -0.25) is 19.3 Å². The molecule has 0 radical (unpaired) electrons. The maximum atomic E-state index is 14.5. The molecule has 2 unspecified atom stereocenters. The van der Waals surface area contributed by atoms with Crippen LogP contribution in [0.3, 0.4) is 0 Å². The number of nitrogens with zero attached hydrogens (tertiary/aromatic N) is 3. The minimum atomic E-state index is -0.640. The van der Waals surface area contributed by atoms with E-state index in [1.54, 1.807) is 22.7 Å². The van der Waals surface area contributed by atoms with Gasteiger partial charge in [0.2, 0.25) is 11.8 Å². The molecule has 9 nitrogen and oxygen atoms in total. The molecule has 0 aromatic rings. The van der Waals surface area contributed by atoms with Crippen molar-refractivity contribution >= 4 is 29.5 Å². The molecule has 1 spiro atoms. The molecule has 42 heavy (non-hydrogen) atoms. The smallest absolute Gasteiger partial charge is 0.311 e. The number of hydrogen-bond acceptors (Lipinski definition) is 8. The average molecular weight is 606 g/mol. The third-order valence-electron chi connectivity index (χ3n) is 9.57. The molecule has 0 aliphatic carbocycles. The van der Waals surface area contributed by atoms with Crippen LogP contribution in [0.2, 0.25) is 0 Å². The molecule has 5 atom stereocenters. The minimum Gasteiger partial charge on any atom is -0.465 e. The van der Waals surface area contributed by atoms with E-state index in [1.807, 2.05) is 11.0 Å². The summed E-state index contributed by atoms with van der Waals surface area (Å²) in [6.07, 6.45) is 10.9. The lowest BCUT2D eigenvalue weighted by Gasteiger charge is -2.38. The van der Waals surface area contributed by atoms with Gasteiger partial charge in [0.1, 0.15) is 6.04 Å². The van der Waals surface area contributed by atoms with E-state index < -0.39 is 27.4 Å². The number of morpholine rings is 1. The van der Waals surface area contributed by atoms with Gasteiger partial charge in [0, 0.05) is 50.6 Å². The van der Waals surface area contributed by atoms with Crippen molar-refractivity contribution in [3.63, 3.8) is 0 Å². The van der Waals surface area contributed by atoms with E-state index in [4.69, 9.17) is 9.47 Å². The monoisotopic (exact) mass is 605 g/mol. The number of likely N-dealkylation sites (tertiary alicyclic amines) is 1. The SMILES string of the molecule is C=CCCCCOC(=O)[C@H]1[C@H]2C(=O)N(CCCCCCO)C(C(=O)N(CC=C)CCN3CCOCC3)C23CC[C@]1(C)S3. The number of aliphatic hydroxyl groups is 1. The summed E-state index contributed by atoms with van der Waals surface area (Å²) in [4.78, 5) is 48.4. The normalized spacial score (nSPS) is 30.4. The number of aliphatic hydroxyl groups excluding tert-OH is 1. The van der Waals surface area contributed by atoms with Crippen LogP contribution >= 0.6 is 11.8 Å². The van der Waals surface area contributed by atoms with Gasteiger partial charge >= 0.3 is 5.97 Å². The maximum absolute atomic E-state index is 14.5. The van der Waals surface area contributed by atoms with Crippen molar-refractivity contribution in [2.45, 2.75) is 80.2 Å². The second-order valence-electron chi connectivity index (χ2n) is 12.4. The summed E-state index contributed by atoms with van der Waals surface area (Å²) in [6.45, 7) is 15.5. The first kappa shape index (κ1) is 33.0. The highest BCUT2D eigenvalue weighted by atomic mass is 32.2. The minimum absolute atomic E-state index is 0.0374. The summed E-state index contributed by atoms with van der Waals surface area (Å²) >= 11 is 1.70. The van der Waals surface area contributed by atoms with Crippen LogP contribution in [0.15, 0.2) is 25.3 Å². The Morgan fingerprint density at radius 1 is 1.10 bits per heavy atom. The molecule has 4 fully saturated rings. The van der Waals surface area contributed by atoms with Gasteiger partial charge in [-0.2, -0.15) is 0 Å². The molecule has 4 aliphatic heterocycles. The number of ether oxygens (including phenoxy) is 2. The molecule has 0 saturated carbocycles. The molecule has 2 bridgehead atoms.